The Kier molecular flexibility index (Phi) is 7.14. The van der Waals surface area contributed by atoms with Crippen molar-refractivity contribution in [3.63, 3.8) is 0 Å². The summed E-state index contributed by atoms with van der Waals surface area (Å²) in [4.78, 5) is 17.6. The number of fused-ring (bicyclic) bond motifs is 1. The summed E-state index contributed by atoms with van der Waals surface area (Å²) < 4.78 is 5.42. The number of hydrogen-bond donors (Lipinski definition) is 1. The first-order valence-electron chi connectivity index (χ1n) is 10.7. The van der Waals surface area contributed by atoms with Gasteiger partial charge in [0, 0.05) is 31.7 Å². The number of urea groups is 1. The second-order valence-electron chi connectivity index (χ2n) is 8.87. The predicted molar refractivity (Wildman–Crippen MR) is 119 cm³/mol. The maximum Gasteiger partial charge on any atom is 0.318 e. The Morgan fingerprint density at radius 1 is 1.14 bits per heavy atom. The van der Waals surface area contributed by atoms with Crippen molar-refractivity contribution in [2.45, 2.75) is 45.7 Å². The second-order valence-corrected chi connectivity index (χ2v) is 8.87. The second kappa shape index (κ2) is 9.59. The summed E-state index contributed by atoms with van der Waals surface area (Å²) in [6.07, 6.45) is 0.966. The first-order valence-corrected chi connectivity index (χ1v) is 10.7. The van der Waals surface area contributed by atoms with E-state index in [2.05, 4.69) is 68.2 Å². The largest absolute Gasteiger partial charge is 0.379 e. The molecule has 1 atom stereocenters. The number of nitrogens with zero attached hydrogens (tertiary/aromatic N) is 2. The van der Waals surface area contributed by atoms with Crippen molar-refractivity contribution >= 4 is 16.8 Å². The molecule has 1 fully saturated rings. The molecular weight excluding hydrogens is 362 g/mol. The van der Waals surface area contributed by atoms with Gasteiger partial charge in [0.15, 0.2) is 0 Å². The van der Waals surface area contributed by atoms with Crippen LogP contribution < -0.4 is 5.32 Å². The van der Waals surface area contributed by atoms with Crippen molar-refractivity contribution in [3.8, 4) is 0 Å². The van der Waals surface area contributed by atoms with E-state index in [9.17, 15) is 4.79 Å². The smallest absolute Gasteiger partial charge is 0.318 e. The van der Waals surface area contributed by atoms with Crippen LogP contribution in [-0.2, 0) is 4.74 Å². The molecule has 2 amide bonds. The molecule has 2 aromatic rings. The number of nitrogens with one attached hydrogen (secondary N) is 1. The predicted octanol–water partition coefficient (Wildman–Crippen LogP) is 4.43. The Hall–Kier alpha value is -2.11. The summed E-state index contributed by atoms with van der Waals surface area (Å²) in [5, 5.41) is 5.63. The normalized spacial score (nSPS) is 16.6. The number of morpholine rings is 1. The molecule has 0 aliphatic carbocycles. The Balaban J connectivity index is 1.64. The van der Waals surface area contributed by atoms with Crippen molar-refractivity contribution in [1.82, 2.24) is 15.1 Å². The maximum atomic E-state index is 13.2. The minimum atomic E-state index is -0.229. The lowest BCUT2D eigenvalue weighted by Crippen LogP contribution is -2.51. The van der Waals surface area contributed by atoms with Gasteiger partial charge in [-0.25, -0.2) is 4.79 Å². The quantitative estimate of drug-likeness (QED) is 0.784. The molecule has 1 saturated heterocycles. The number of amides is 2. The van der Waals surface area contributed by atoms with Gasteiger partial charge in [0.25, 0.3) is 0 Å². The number of carbonyl (C=O) groups excluding carboxylic acids is 1. The number of hydrogen-bond acceptors (Lipinski definition) is 3. The van der Waals surface area contributed by atoms with Gasteiger partial charge in [0.2, 0.25) is 0 Å². The Morgan fingerprint density at radius 2 is 1.83 bits per heavy atom. The standard InChI is InChI=1S/C24H35N3O2/c1-19(21-12-7-10-20-9-5-6-11-22(20)21)25-23(28)27(24(2,3)4)14-8-13-26-15-17-29-18-16-26/h5-7,9-12,19H,8,13-18H2,1-4H3,(H,25,28)/t19-/m0/s1. The monoisotopic (exact) mass is 397 g/mol. The van der Waals surface area contributed by atoms with Crippen LogP contribution in [0.1, 0.15) is 45.7 Å². The van der Waals surface area contributed by atoms with Crippen LogP contribution in [-0.4, -0.2) is 60.8 Å². The Bertz CT molecular complexity index is 804. The zero-order valence-electron chi connectivity index (χ0n) is 18.3. The highest BCUT2D eigenvalue weighted by Gasteiger charge is 2.27. The van der Waals surface area contributed by atoms with Crippen LogP contribution in [0.25, 0.3) is 10.8 Å². The molecule has 0 saturated carbocycles. The van der Waals surface area contributed by atoms with Gasteiger partial charge < -0.3 is 15.0 Å². The van der Waals surface area contributed by atoms with E-state index in [1.165, 1.54) is 10.8 Å². The minimum Gasteiger partial charge on any atom is -0.379 e. The van der Waals surface area contributed by atoms with E-state index >= 15 is 0 Å². The summed E-state index contributed by atoms with van der Waals surface area (Å²) in [7, 11) is 0. The molecule has 5 nitrogen and oxygen atoms in total. The van der Waals surface area contributed by atoms with Crippen LogP contribution >= 0.6 is 0 Å². The fourth-order valence-electron chi connectivity index (χ4n) is 3.99. The van der Waals surface area contributed by atoms with Gasteiger partial charge >= 0.3 is 6.03 Å². The van der Waals surface area contributed by atoms with Crippen molar-refractivity contribution in [3.05, 3.63) is 48.0 Å². The SMILES string of the molecule is C[C@H](NC(=O)N(CCCN1CCOCC1)C(C)(C)C)c1cccc2ccccc12. The van der Waals surface area contributed by atoms with Crippen LogP contribution in [0.5, 0.6) is 0 Å². The number of carbonyl (C=O) groups is 1. The van der Waals surface area contributed by atoms with Gasteiger partial charge in [-0.2, -0.15) is 0 Å². The molecule has 0 unspecified atom stereocenters. The van der Waals surface area contributed by atoms with E-state index < -0.39 is 0 Å². The van der Waals surface area contributed by atoms with Crippen LogP contribution in [0.15, 0.2) is 42.5 Å². The topological polar surface area (TPSA) is 44.8 Å². The molecule has 0 spiro atoms. The third-order valence-electron chi connectivity index (χ3n) is 5.64. The average Bonchev–Trinajstić information content (AvgIpc) is 2.70. The van der Waals surface area contributed by atoms with Crippen molar-refractivity contribution in [2.75, 3.05) is 39.4 Å². The fourth-order valence-corrected chi connectivity index (χ4v) is 3.99. The Morgan fingerprint density at radius 3 is 2.55 bits per heavy atom. The number of rotatable bonds is 6. The van der Waals surface area contributed by atoms with Gasteiger partial charge in [0.1, 0.15) is 0 Å². The van der Waals surface area contributed by atoms with Crippen LogP contribution in [0.3, 0.4) is 0 Å². The summed E-state index contributed by atoms with van der Waals surface area (Å²) in [5.74, 6) is 0. The Labute approximate surface area is 175 Å². The molecule has 158 valence electrons. The summed E-state index contributed by atoms with van der Waals surface area (Å²) in [6.45, 7) is 13.7. The lowest BCUT2D eigenvalue weighted by Gasteiger charge is -2.37. The molecule has 1 heterocycles. The summed E-state index contributed by atoms with van der Waals surface area (Å²) in [5.41, 5.74) is 0.923. The average molecular weight is 398 g/mol. The van der Waals surface area contributed by atoms with Gasteiger partial charge in [-0.15, -0.1) is 0 Å². The third kappa shape index (κ3) is 5.71. The molecule has 5 heteroatoms. The minimum absolute atomic E-state index is 0.0000818. The lowest BCUT2D eigenvalue weighted by atomic mass is 9.99. The molecule has 2 aromatic carbocycles. The highest BCUT2D eigenvalue weighted by Crippen LogP contribution is 2.25. The third-order valence-corrected chi connectivity index (χ3v) is 5.64. The van der Waals surface area contributed by atoms with Crippen molar-refractivity contribution in [2.24, 2.45) is 0 Å². The number of ether oxygens (including phenoxy) is 1. The molecule has 3 rings (SSSR count). The van der Waals surface area contributed by atoms with Gasteiger partial charge in [-0.3, -0.25) is 4.90 Å². The number of benzene rings is 2. The first-order chi connectivity index (χ1) is 13.9. The van der Waals surface area contributed by atoms with E-state index in [0.29, 0.717) is 0 Å². The molecule has 0 aromatic heterocycles. The van der Waals surface area contributed by atoms with E-state index in [1.807, 2.05) is 17.0 Å². The molecule has 1 N–H and O–H groups in total. The zero-order chi connectivity index (χ0) is 20.9. The van der Waals surface area contributed by atoms with E-state index in [1.54, 1.807) is 0 Å². The van der Waals surface area contributed by atoms with E-state index in [4.69, 9.17) is 4.74 Å². The summed E-state index contributed by atoms with van der Waals surface area (Å²) >= 11 is 0. The van der Waals surface area contributed by atoms with E-state index in [-0.39, 0.29) is 17.6 Å². The molecule has 29 heavy (non-hydrogen) atoms. The molecule has 0 radical (unpaired) electrons. The van der Waals surface area contributed by atoms with Gasteiger partial charge in [-0.1, -0.05) is 42.5 Å². The van der Waals surface area contributed by atoms with Crippen LogP contribution in [0.2, 0.25) is 0 Å². The molecular formula is C24H35N3O2. The van der Waals surface area contributed by atoms with Gasteiger partial charge in [-0.05, 0) is 50.5 Å². The maximum absolute atomic E-state index is 13.2. The molecule has 1 aliphatic rings. The van der Waals surface area contributed by atoms with Crippen LogP contribution in [0, 0.1) is 0 Å². The van der Waals surface area contributed by atoms with Crippen LogP contribution in [0.4, 0.5) is 4.79 Å². The van der Waals surface area contributed by atoms with Crippen molar-refractivity contribution in [1.29, 1.82) is 0 Å². The molecule has 0 bridgehead atoms. The van der Waals surface area contributed by atoms with Gasteiger partial charge in [0.05, 0.1) is 19.3 Å². The molecule has 1 aliphatic heterocycles. The first kappa shape index (κ1) is 21.6. The zero-order valence-corrected chi connectivity index (χ0v) is 18.3. The highest BCUT2D eigenvalue weighted by atomic mass is 16.5. The highest BCUT2D eigenvalue weighted by molar-refractivity contribution is 5.86. The van der Waals surface area contributed by atoms with E-state index in [0.717, 1.165) is 51.4 Å². The summed E-state index contributed by atoms with van der Waals surface area (Å²) in [6, 6.07) is 14.5. The van der Waals surface area contributed by atoms with Crippen molar-refractivity contribution < 1.29 is 9.53 Å². The fraction of sp³-hybridized carbons (Fsp3) is 0.542. The lowest BCUT2D eigenvalue weighted by molar-refractivity contribution is 0.0353.